The van der Waals surface area contributed by atoms with E-state index in [4.69, 9.17) is 4.74 Å². The first-order valence-electron chi connectivity index (χ1n) is 5.73. The van der Waals surface area contributed by atoms with E-state index in [9.17, 15) is 4.79 Å². The number of methoxy groups -OCH3 is 1. The van der Waals surface area contributed by atoms with Crippen LogP contribution in [0, 0.1) is 6.92 Å². The first kappa shape index (κ1) is 11.7. The fourth-order valence-electron chi connectivity index (χ4n) is 1.91. The lowest BCUT2D eigenvalue weighted by Gasteiger charge is -2.15. The number of nitrogens with one attached hydrogen (secondary N) is 2. The maximum Gasteiger partial charge on any atom is 0.220 e. The van der Waals surface area contributed by atoms with Gasteiger partial charge in [0.2, 0.25) is 5.91 Å². The zero-order valence-electron chi connectivity index (χ0n) is 10.1. The summed E-state index contributed by atoms with van der Waals surface area (Å²) in [6.45, 7) is 2.65. The molecule has 0 aliphatic carbocycles. The van der Waals surface area contributed by atoms with Crippen LogP contribution in [0.3, 0.4) is 0 Å². The minimum absolute atomic E-state index is 0.134. The quantitative estimate of drug-likeness (QED) is 0.820. The first-order chi connectivity index (χ1) is 8.19. The summed E-state index contributed by atoms with van der Waals surface area (Å²) in [6, 6.07) is 2.15. The molecule has 0 saturated carbocycles. The van der Waals surface area contributed by atoms with Gasteiger partial charge in [0.25, 0.3) is 0 Å². The Hall–Kier alpha value is -1.78. The number of nitrogens with zero attached hydrogens (tertiary/aromatic N) is 1. The van der Waals surface area contributed by atoms with Gasteiger partial charge in [0.15, 0.2) is 5.75 Å². The molecule has 1 amide bonds. The number of aromatic nitrogens is 1. The molecule has 5 nitrogen and oxygen atoms in total. The maximum absolute atomic E-state index is 11.1. The van der Waals surface area contributed by atoms with Crippen molar-refractivity contribution in [2.75, 3.05) is 19.0 Å². The molecule has 1 unspecified atom stereocenters. The van der Waals surface area contributed by atoms with Crippen molar-refractivity contribution < 1.29 is 9.53 Å². The fraction of sp³-hybridized carbons (Fsp3) is 0.500. The molecule has 0 spiro atoms. The molecule has 5 heteroatoms. The Kier molecular flexibility index (Phi) is 3.46. The van der Waals surface area contributed by atoms with Crippen LogP contribution in [-0.2, 0) is 4.79 Å². The summed E-state index contributed by atoms with van der Waals surface area (Å²) < 4.78 is 5.22. The van der Waals surface area contributed by atoms with Gasteiger partial charge in [0.05, 0.1) is 19.0 Å². The van der Waals surface area contributed by atoms with E-state index in [0.717, 1.165) is 23.6 Å². The highest BCUT2D eigenvalue weighted by Crippen LogP contribution is 2.23. The lowest BCUT2D eigenvalue weighted by Crippen LogP contribution is -2.31. The van der Waals surface area contributed by atoms with Crippen molar-refractivity contribution >= 4 is 11.6 Å². The molecule has 1 aliphatic heterocycles. The third-order valence-corrected chi connectivity index (χ3v) is 2.85. The molecular formula is C12H17N3O2. The van der Waals surface area contributed by atoms with Crippen LogP contribution in [-0.4, -0.2) is 30.6 Å². The minimum atomic E-state index is 0.134. The van der Waals surface area contributed by atoms with Gasteiger partial charge in [0.1, 0.15) is 0 Å². The molecule has 1 fully saturated rings. The summed E-state index contributed by atoms with van der Waals surface area (Å²) in [6.07, 6.45) is 3.21. The Labute approximate surface area is 101 Å². The van der Waals surface area contributed by atoms with E-state index in [1.165, 1.54) is 0 Å². The van der Waals surface area contributed by atoms with E-state index in [0.29, 0.717) is 13.0 Å². The van der Waals surface area contributed by atoms with Gasteiger partial charge in [-0.15, -0.1) is 0 Å². The molecule has 2 rings (SSSR count). The maximum atomic E-state index is 11.1. The van der Waals surface area contributed by atoms with Crippen molar-refractivity contribution in [3.05, 3.63) is 18.0 Å². The lowest BCUT2D eigenvalue weighted by molar-refractivity contribution is -0.119. The van der Waals surface area contributed by atoms with Gasteiger partial charge in [-0.1, -0.05) is 0 Å². The summed E-state index contributed by atoms with van der Waals surface area (Å²) >= 11 is 0. The molecule has 2 heterocycles. The largest absolute Gasteiger partial charge is 0.493 e. The van der Waals surface area contributed by atoms with E-state index in [2.05, 4.69) is 15.6 Å². The number of hydrogen-bond acceptors (Lipinski definition) is 4. The molecule has 17 heavy (non-hydrogen) atoms. The van der Waals surface area contributed by atoms with Gasteiger partial charge in [-0.05, 0) is 19.4 Å². The highest BCUT2D eigenvalue weighted by molar-refractivity contribution is 5.78. The second-order valence-electron chi connectivity index (χ2n) is 4.21. The molecule has 1 saturated heterocycles. The van der Waals surface area contributed by atoms with E-state index >= 15 is 0 Å². The van der Waals surface area contributed by atoms with Crippen LogP contribution in [0.15, 0.2) is 12.3 Å². The Morgan fingerprint density at radius 2 is 2.47 bits per heavy atom. The number of ether oxygens (including phenoxy) is 1. The molecular weight excluding hydrogens is 218 g/mol. The normalized spacial score (nSPS) is 18.9. The highest BCUT2D eigenvalue weighted by atomic mass is 16.5. The summed E-state index contributed by atoms with van der Waals surface area (Å²) in [7, 11) is 1.62. The number of carbonyl (C=O) groups is 1. The van der Waals surface area contributed by atoms with Gasteiger partial charge in [-0.25, -0.2) is 0 Å². The number of pyridine rings is 1. The average molecular weight is 235 g/mol. The Balaban J connectivity index is 1.98. The topological polar surface area (TPSA) is 63.2 Å². The predicted octanol–water partition coefficient (Wildman–Crippen LogP) is 1.09. The van der Waals surface area contributed by atoms with E-state index in [-0.39, 0.29) is 11.9 Å². The summed E-state index contributed by atoms with van der Waals surface area (Å²) in [4.78, 5) is 15.2. The Bertz CT molecular complexity index is 420. The van der Waals surface area contributed by atoms with E-state index in [1.54, 1.807) is 13.3 Å². The SMILES string of the molecule is COc1cnc(C)cc1NCC1CCC(=O)N1. The van der Waals surface area contributed by atoms with Crippen molar-refractivity contribution in [3.8, 4) is 5.75 Å². The second kappa shape index (κ2) is 5.03. The molecule has 1 aliphatic rings. The number of hydrogen-bond donors (Lipinski definition) is 2. The lowest BCUT2D eigenvalue weighted by atomic mass is 10.2. The molecule has 0 bridgehead atoms. The molecule has 1 aromatic rings. The van der Waals surface area contributed by atoms with Gasteiger partial charge in [-0.3, -0.25) is 9.78 Å². The molecule has 2 N–H and O–H groups in total. The minimum Gasteiger partial charge on any atom is -0.493 e. The molecule has 92 valence electrons. The third-order valence-electron chi connectivity index (χ3n) is 2.85. The summed E-state index contributed by atoms with van der Waals surface area (Å²) in [5, 5.41) is 6.21. The molecule has 1 aromatic heterocycles. The monoisotopic (exact) mass is 235 g/mol. The zero-order valence-corrected chi connectivity index (χ0v) is 10.1. The van der Waals surface area contributed by atoms with Crippen LogP contribution < -0.4 is 15.4 Å². The molecule has 1 atom stereocenters. The number of anilines is 1. The number of amides is 1. The van der Waals surface area contributed by atoms with Crippen molar-refractivity contribution in [1.82, 2.24) is 10.3 Å². The average Bonchev–Trinajstić information content (AvgIpc) is 2.73. The van der Waals surface area contributed by atoms with E-state index in [1.807, 2.05) is 13.0 Å². The third kappa shape index (κ3) is 2.87. The Morgan fingerprint density at radius 1 is 1.65 bits per heavy atom. The van der Waals surface area contributed by atoms with Crippen LogP contribution >= 0.6 is 0 Å². The Morgan fingerprint density at radius 3 is 3.12 bits per heavy atom. The summed E-state index contributed by atoms with van der Waals surface area (Å²) in [5.41, 5.74) is 1.85. The van der Waals surface area contributed by atoms with Gasteiger partial charge in [-0.2, -0.15) is 0 Å². The van der Waals surface area contributed by atoms with Crippen molar-refractivity contribution in [1.29, 1.82) is 0 Å². The van der Waals surface area contributed by atoms with Crippen molar-refractivity contribution in [3.63, 3.8) is 0 Å². The van der Waals surface area contributed by atoms with Crippen LogP contribution in [0.5, 0.6) is 5.75 Å². The van der Waals surface area contributed by atoms with Crippen LogP contribution in [0.2, 0.25) is 0 Å². The standard InChI is InChI=1S/C12H17N3O2/c1-8-5-10(11(17-2)7-13-8)14-6-9-3-4-12(16)15-9/h5,7,9H,3-4,6H2,1-2H3,(H,13,14)(H,15,16). The van der Waals surface area contributed by atoms with Crippen LogP contribution in [0.1, 0.15) is 18.5 Å². The van der Waals surface area contributed by atoms with Crippen LogP contribution in [0.4, 0.5) is 5.69 Å². The predicted molar refractivity (Wildman–Crippen MR) is 65.2 cm³/mol. The van der Waals surface area contributed by atoms with E-state index < -0.39 is 0 Å². The number of rotatable bonds is 4. The zero-order chi connectivity index (χ0) is 12.3. The number of aryl methyl sites for hydroxylation is 1. The molecule has 0 radical (unpaired) electrons. The smallest absolute Gasteiger partial charge is 0.220 e. The number of carbonyl (C=O) groups excluding carboxylic acids is 1. The van der Waals surface area contributed by atoms with Gasteiger partial charge < -0.3 is 15.4 Å². The second-order valence-corrected chi connectivity index (χ2v) is 4.21. The van der Waals surface area contributed by atoms with Gasteiger partial charge in [0, 0.05) is 24.7 Å². The van der Waals surface area contributed by atoms with Crippen molar-refractivity contribution in [2.24, 2.45) is 0 Å². The highest BCUT2D eigenvalue weighted by Gasteiger charge is 2.20. The fourth-order valence-corrected chi connectivity index (χ4v) is 1.91. The van der Waals surface area contributed by atoms with Gasteiger partial charge >= 0.3 is 0 Å². The molecule has 0 aromatic carbocycles. The summed E-state index contributed by atoms with van der Waals surface area (Å²) in [5.74, 6) is 0.856. The van der Waals surface area contributed by atoms with Crippen LogP contribution in [0.25, 0.3) is 0 Å². The first-order valence-corrected chi connectivity index (χ1v) is 5.73. The van der Waals surface area contributed by atoms with Crippen molar-refractivity contribution in [2.45, 2.75) is 25.8 Å².